The van der Waals surface area contributed by atoms with Crippen molar-refractivity contribution in [1.82, 2.24) is 5.32 Å². The number of nitrogens with one attached hydrogen (secondary N) is 1. The van der Waals surface area contributed by atoms with Crippen molar-refractivity contribution in [1.29, 1.82) is 0 Å². The van der Waals surface area contributed by atoms with Crippen LogP contribution in [-0.2, 0) is 14.2 Å². The molecule has 0 bridgehead atoms. The van der Waals surface area contributed by atoms with E-state index in [0.29, 0.717) is 6.17 Å². The summed E-state index contributed by atoms with van der Waals surface area (Å²) in [5, 5.41) is 2.49. The average Bonchev–Trinajstić information content (AvgIpc) is 2.01. The molecule has 11 heavy (non-hydrogen) atoms. The van der Waals surface area contributed by atoms with Crippen LogP contribution >= 0.6 is 0 Å². The van der Waals surface area contributed by atoms with E-state index in [0.717, 1.165) is 10.2 Å². The lowest BCUT2D eigenvalue weighted by molar-refractivity contribution is -0.234. The standard InChI is InChI=1S/C5H13NO4Si/c1-8-5(9-2)10-4(7)6-3-11/h5H,3H2,1-2,11H3,(H,6,7). The van der Waals surface area contributed by atoms with Crippen LogP contribution in [-0.4, -0.2) is 43.2 Å². The molecule has 0 rings (SSSR count). The zero-order valence-corrected chi connectivity index (χ0v) is 8.92. The first-order chi connectivity index (χ1) is 5.24. The molecule has 0 atom stereocenters. The van der Waals surface area contributed by atoms with Crippen LogP contribution in [0.15, 0.2) is 0 Å². The van der Waals surface area contributed by atoms with Crippen molar-refractivity contribution >= 4 is 16.3 Å². The third kappa shape index (κ3) is 4.77. The molecule has 0 aliphatic rings. The summed E-state index contributed by atoms with van der Waals surface area (Å²) >= 11 is 0. The van der Waals surface area contributed by atoms with E-state index in [4.69, 9.17) is 0 Å². The van der Waals surface area contributed by atoms with Gasteiger partial charge in [0.2, 0.25) is 0 Å². The molecule has 1 amide bonds. The molecule has 5 nitrogen and oxygen atoms in total. The van der Waals surface area contributed by atoms with Gasteiger partial charge in [-0.2, -0.15) is 0 Å². The normalized spacial score (nSPS) is 10.1. The highest BCUT2D eigenvalue weighted by molar-refractivity contribution is 6.09. The maximum atomic E-state index is 10.7. The fourth-order valence-corrected chi connectivity index (χ4v) is 0.755. The Hall–Kier alpha value is -0.593. The maximum Gasteiger partial charge on any atom is 0.410 e. The Bertz CT molecular complexity index is 117. The van der Waals surface area contributed by atoms with Gasteiger partial charge in [0.1, 0.15) is 0 Å². The van der Waals surface area contributed by atoms with Crippen LogP contribution in [0.1, 0.15) is 0 Å². The Kier molecular flexibility index (Phi) is 5.81. The summed E-state index contributed by atoms with van der Waals surface area (Å²) in [6, 6.07) is 0. The largest absolute Gasteiger partial charge is 0.410 e. The highest BCUT2D eigenvalue weighted by Crippen LogP contribution is 1.92. The van der Waals surface area contributed by atoms with Gasteiger partial charge in [0.05, 0.1) is 0 Å². The van der Waals surface area contributed by atoms with E-state index in [2.05, 4.69) is 19.5 Å². The van der Waals surface area contributed by atoms with Crippen LogP contribution in [0.4, 0.5) is 4.79 Å². The third-order valence-corrected chi connectivity index (χ3v) is 1.26. The number of methoxy groups -OCH3 is 2. The first kappa shape index (κ1) is 10.4. The van der Waals surface area contributed by atoms with Crippen LogP contribution in [0.25, 0.3) is 0 Å². The quantitative estimate of drug-likeness (QED) is 0.426. The van der Waals surface area contributed by atoms with Crippen LogP contribution in [0.5, 0.6) is 0 Å². The molecular formula is C5H13NO4Si. The van der Waals surface area contributed by atoms with Crippen LogP contribution in [0.3, 0.4) is 0 Å². The Labute approximate surface area is 68.4 Å². The van der Waals surface area contributed by atoms with Gasteiger partial charge in [0.15, 0.2) is 0 Å². The number of rotatable bonds is 4. The summed E-state index contributed by atoms with van der Waals surface area (Å²) < 4.78 is 13.9. The van der Waals surface area contributed by atoms with E-state index in [9.17, 15) is 4.79 Å². The fraction of sp³-hybridized carbons (Fsp3) is 0.800. The van der Waals surface area contributed by atoms with Gasteiger partial charge >= 0.3 is 12.6 Å². The smallest absolute Gasteiger partial charge is 0.394 e. The van der Waals surface area contributed by atoms with Gasteiger partial charge < -0.3 is 19.5 Å². The summed E-state index contributed by atoms with van der Waals surface area (Å²) in [5.41, 5.74) is 0. The molecular weight excluding hydrogens is 166 g/mol. The Morgan fingerprint density at radius 3 is 2.45 bits per heavy atom. The Balaban J connectivity index is 3.54. The van der Waals surface area contributed by atoms with E-state index in [1.807, 2.05) is 0 Å². The number of amides is 1. The second kappa shape index (κ2) is 6.14. The van der Waals surface area contributed by atoms with E-state index in [1.54, 1.807) is 0 Å². The Morgan fingerprint density at radius 2 is 2.09 bits per heavy atom. The lowest BCUT2D eigenvalue weighted by Crippen LogP contribution is -2.31. The number of hydrogen-bond acceptors (Lipinski definition) is 4. The minimum absolute atomic E-state index is 0.520. The summed E-state index contributed by atoms with van der Waals surface area (Å²) in [6.45, 7) is -0.914. The van der Waals surface area contributed by atoms with Crippen molar-refractivity contribution in [2.45, 2.75) is 6.48 Å². The highest BCUT2D eigenvalue weighted by Gasteiger charge is 2.09. The monoisotopic (exact) mass is 179 g/mol. The van der Waals surface area contributed by atoms with Crippen molar-refractivity contribution in [3.05, 3.63) is 0 Å². The average molecular weight is 179 g/mol. The molecule has 0 radical (unpaired) electrons. The third-order valence-electron chi connectivity index (χ3n) is 0.909. The molecule has 0 aliphatic heterocycles. The van der Waals surface area contributed by atoms with Gasteiger partial charge in [-0.05, 0) is 0 Å². The number of carbonyl (C=O) groups is 1. The van der Waals surface area contributed by atoms with Gasteiger partial charge in [0.25, 0.3) is 0 Å². The topological polar surface area (TPSA) is 56.8 Å². The molecule has 0 aromatic heterocycles. The number of ether oxygens (including phenoxy) is 3. The SMILES string of the molecule is COC(OC)OC(=O)NC[SiH3]. The number of hydrogen-bond donors (Lipinski definition) is 1. The zero-order chi connectivity index (χ0) is 8.69. The number of carbonyl (C=O) groups excluding carboxylic acids is 1. The number of alkyl carbamates (subject to hydrolysis) is 1. The van der Waals surface area contributed by atoms with E-state index in [-0.39, 0.29) is 0 Å². The van der Waals surface area contributed by atoms with Gasteiger partial charge in [0, 0.05) is 30.6 Å². The maximum absolute atomic E-state index is 10.7. The van der Waals surface area contributed by atoms with Gasteiger partial charge in [-0.3, -0.25) is 0 Å². The van der Waals surface area contributed by atoms with E-state index < -0.39 is 12.6 Å². The van der Waals surface area contributed by atoms with Crippen molar-refractivity contribution in [3.63, 3.8) is 0 Å². The van der Waals surface area contributed by atoms with Crippen molar-refractivity contribution in [2.75, 3.05) is 20.4 Å². The van der Waals surface area contributed by atoms with Crippen molar-refractivity contribution in [3.8, 4) is 0 Å². The zero-order valence-electron chi connectivity index (χ0n) is 6.92. The molecule has 0 saturated carbocycles. The molecule has 0 heterocycles. The first-order valence-corrected chi connectivity index (χ1v) is 4.66. The lowest BCUT2D eigenvalue weighted by atomic mass is 11.0. The molecule has 0 saturated heterocycles. The minimum atomic E-state index is -0.914. The molecule has 1 N–H and O–H groups in total. The van der Waals surface area contributed by atoms with Crippen LogP contribution in [0, 0.1) is 0 Å². The van der Waals surface area contributed by atoms with Crippen molar-refractivity contribution < 1.29 is 19.0 Å². The molecule has 0 fully saturated rings. The molecule has 0 spiro atoms. The minimum Gasteiger partial charge on any atom is -0.394 e. The molecule has 66 valence electrons. The summed E-state index contributed by atoms with van der Waals surface area (Å²) in [5.74, 6) is 0. The van der Waals surface area contributed by atoms with Gasteiger partial charge in [-0.15, -0.1) is 0 Å². The van der Waals surface area contributed by atoms with Crippen LogP contribution in [0.2, 0.25) is 0 Å². The predicted molar refractivity (Wildman–Crippen MR) is 42.2 cm³/mol. The molecule has 0 aromatic carbocycles. The molecule has 0 aromatic rings. The lowest BCUT2D eigenvalue weighted by Gasteiger charge is -2.13. The summed E-state index contributed by atoms with van der Waals surface area (Å²) in [4.78, 5) is 10.7. The second-order valence-electron chi connectivity index (χ2n) is 1.70. The van der Waals surface area contributed by atoms with Gasteiger partial charge in [-0.25, -0.2) is 4.79 Å². The van der Waals surface area contributed by atoms with E-state index in [1.165, 1.54) is 14.2 Å². The molecule has 6 heteroatoms. The fourth-order valence-electron chi connectivity index (χ4n) is 0.466. The van der Waals surface area contributed by atoms with Crippen LogP contribution < -0.4 is 5.32 Å². The van der Waals surface area contributed by atoms with Crippen molar-refractivity contribution in [2.24, 2.45) is 0 Å². The van der Waals surface area contributed by atoms with Gasteiger partial charge in [-0.1, -0.05) is 0 Å². The highest BCUT2D eigenvalue weighted by atomic mass is 28.1. The first-order valence-electron chi connectivity index (χ1n) is 3.24. The Morgan fingerprint density at radius 1 is 1.55 bits per heavy atom. The predicted octanol–water partition coefficient (Wildman–Crippen LogP) is -1.39. The molecule has 0 unspecified atom stereocenters. The summed E-state index contributed by atoms with van der Waals surface area (Å²) in [7, 11) is 3.68. The summed E-state index contributed by atoms with van der Waals surface area (Å²) in [6.07, 6.45) is 0.132. The van der Waals surface area contributed by atoms with E-state index >= 15 is 0 Å². The second-order valence-corrected chi connectivity index (χ2v) is 2.40. The molecule has 0 aliphatic carbocycles.